The van der Waals surface area contributed by atoms with Gasteiger partial charge in [0.05, 0.1) is 22.3 Å². The summed E-state index contributed by atoms with van der Waals surface area (Å²) >= 11 is 1.26. The van der Waals surface area contributed by atoms with Crippen LogP contribution in [0.3, 0.4) is 0 Å². The molecule has 0 aliphatic rings. The predicted molar refractivity (Wildman–Crippen MR) is 75.6 cm³/mol. The number of hydrogen-bond acceptors (Lipinski definition) is 4. The molecule has 3 aromatic rings. The summed E-state index contributed by atoms with van der Waals surface area (Å²) in [4.78, 5) is 4.52. The molecule has 0 aliphatic heterocycles. The summed E-state index contributed by atoms with van der Waals surface area (Å²) in [5.74, 6) is 0.472. The van der Waals surface area contributed by atoms with Gasteiger partial charge in [-0.2, -0.15) is 4.37 Å². The van der Waals surface area contributed by atoms with E-state index < -0.39 is 0 Å². The first kappa shape index (κ1) is 12.1. The maximum Gasteiger partial charge on any atom is 0.146 e. The van der Waals surface area contributed by atoms with Gasteiger partial charge in [0, 0.05) is 12.6 Å². The van der Waals surface area contributed by atoms with Gasteiger partial charge in [-0.15, -0.1) is 0 Å². The van der Waals surface area contributed by atoms with Crippen molar-refractivity contribution < 1.29 is 4.39 Å². The smallest absolute Gasteiger partial charge is 0.146 e. The molecule has 0 bridgehead atoms. The number of anilines is 1. The van der Waals surface area contributed by atoms with Crippen LogP contribution in [0, 0.1) is 12.7 Å². The average molecular weight is 276 g/mol. The molecular weight excluding hydrogens is 263 g/mol. The normalized spacial score (nSPS) is 11.3. The first-order valence-electron chi connectivity index (χ1n) is 5.99. The minimum Gasteiger partial charge on any atom is -0.389 e. The van der Waals surface area contributed by atoms with Crippen molar-refractivity contribution in [2.45, 2.75) is 20.4 Å². The van der Waals surface area contributed by atoms with E-state index in [4.69, 9.17) is 5.73 Å². The second-order valence-electron chi connectivity index (χ2n) is 4.32. The Kier molecular flexibility index (Phi) is 2.74. The van der Waals surface area contributed by atoms with E-state index in [1.54, 1.807) is 6.07 Å². The lowest BCUT2D eigenvalue weighted by Gasteiger charge is -2.05. The molecule has 0 atom stereocenters. The van der Waals surface area contributed by atoms with Gasteiger partial charge in [-0.05, 0) is 37.5 Å². The third kappa shape index (κ3) is 1.79. The summed E-state index contributed by atoms with van der Waals surface area (Å²) in [6, 6.07) is 4.63. The van der Waals surface area contributed by atoms with Crippen molar-refractivity contribution in [2.75, 3.05) is 5.73 Å². The van der Waals surface area contributed by atoms with Gasteiger partial charge in [-0.3, -0.25) is 0 Å². The molecule has 6 heteroatoms. The maximum atomic E-state index is 13.3. The van der Waals surface area contributed by atoms with Crippen molar-refractivity contribution in [1.82, 2.24) is 13.9 Å². The van der Waals surface area contributed by atoms with E-state index in [1.165, 1.54) is 23.7 Å². The Hall–Kier alpha value is -1.95. The van der Waals surface area contributed by atoms with Gasteiger partial charge in [0.2, 0.25) is 0 Å². The van der Waals surface area contributed by atoms with E-state index in [-0.39, 0.29) is 5.82 Å². The monoisotopic (exact) mass is 276 g/mol. The molecule has 0 saturated carbocycles. The third-order valence-corrected chi connectivity index (χ3v) is 3.91. The number of halogens is 1. The highest BCUT2D eigenvalue weighted by Crippen LogP contribution is 2.33. The van der Waals surface area contributed by atoms with E-state index >= 15 is 0 Å². The molecule has 3 rings (SSSR count). The largest absolute Gasteiger partial charge is 0.389 e. The molecule has 1 aromatic carbocycles. The number of rotatable bonds is 2. The lowest BCUT2D eigenvalue weighted by Crippen LogP contribution is -1.99. The number of fused-ring (bicyclic) bond motifs is 1. The van der Waals surface area contributed by atoms with E-state index in [1.807, 2.05) is 18.4 Å². The lowest BCUT2D eigenvalue weighted by atomic mass is 10.2. The molecule has 98 valence electrons. The summed E-state index contributed by atoms with van der Waals surface area (Å²) in [6.45, 7) is 4.67. The minimum atomic E-state index is -0.284. The van der Waals surface area contributed by atoms with Gasteiger partial charge in [0.25, 0.3) is 0 Å². The number of imidazole rings is 1. The molecule has 19 heavy (non-hydrogen) atoms. The Morgan fingerprint density at radius 1 is 1.42 bits per heavy atom. The second kappa shape index (κ2) is 4.31. The van der Waals surface area contributed by atoms with Crippen LogP contribution in [0.2, 0.25) is 0 Å². The van der Waals surface area contributed by atoms with Crippen molar-refractivity contribution in [3.05, 3.63) is 29.7 Å². The highest BCUT2D eigenvalue weighted by Gasteiger charge is 2.18. The quantitative estimate of drug-likeness (QED) is 0.782. The zero-order chi connectivity index (χ0) is 13.6. The van der Waals surface area contributed by atoms with Crippen LogP contribution in [-0.2, 0) is 6.54 Å². The number of aryl methyl sites for hydroxylation is 2. The highest BCUT2D eigenvalue weighted by molar-refractivity contribution is 7.10. The fraction of sp³-hybridized carbons (Fsp3) is 0.231. The van der Waals surface area contributed by atoms with Gasteiger partial charge >= 0.3 is 0 Å². The number of nitrogens with zero attached hydrogens (tertiary/aromatic N) is 3. The molecule has 0 spiro atoms. The number of aromatic nitrogens is 3. The topological polar surface area (TPSA) is 56.7 Å². The molecule has 2 heterocycles. The van der Waals surface area contributed by atoms with Crippen molar-refractivity contribution >= 4 is 27.6 Å². The van der Waals surface area contributed by atoms with Crippen LogP contribution in [0.5, 0.6) is 0 Å². The summed E-state index contributed by atoms with van der Waals surface area (Å²) < 4.78 is 19.6. The van der Waals surface area contributed by atoms with Gasteiger partial charge < -0.3 is 10.3 Å². The second-order valence-corrected chi connectivity index (χ2v) is 5.12. The number of benzene rings is 1. The van der Waals surface area contributed by atoms with Gasteiger partial charge in [-0.1, -0.05) is 0 Å². The fourth-order valence-electron chi connectivity index (χ4n) is 2.27. The first-order chi connectivity index (χ1) is 9.11. The van der Waals surface area contributed by atoms with Gasteiger partial charge in [-0.25, -0.2) is 9.37 Å². The third-order valence-electron chi connectivity index (χ3n) is 3.14. The standard InChI is InChI=1S/C13H13FN4S/c1-3-18-10-5-4-8(14)6-9(10)16-13(18)11-7(2)17-19-12(11)15/h4-6H,3,15H2,1-2H3. The summed E-state index contributed by atoms with van der Waals surface area (Å²) in [5.41, 5.74) is 9.23. The zero-order valence-electron chi connectivity index (χ0n) is 10.6. The molecule has 2 N–H and O–H groups in total. The fourth-order valence-corrected chi connectivity index (χ4v) is 2.93. The number of nitrogens with two attached hydrogens (primary N) is 1. The molecular formula is C13H13FN4S. The minimum absolute atomic E-state index is 0.284. The zero-order valence-corrected chi connectivity index (χ0v) is 11.5. The SMILES string of the molecule is CCn1c(-c2c(C)nsc2N)nc2cc(F)ccc21. The maximum absolute atomic E-state index is 13.3. The van der Waals surface area contributed by atoms with E-state index in [9.17, 15) is 4.39 Å². The highest BCUT2D eigenvalue weighted by atomic mass is 32.1. The van der Waals surface area contributed by atoms with Crippen LogP contribution in [0.15, 0.2) is 18.2 Å². The Bertz CT molecular complexity index is 740. The molecule has 0 unspecified atom stereocenters. The predicted octanol–water partition coefficient (Wildman–Crippen LogP) is 3.21. The summed E-state index contributed by atoms with van der Waals surface area (Å²) in [6.07, 6.45) is 0. The Balaban J connectivity index is 2.35. The molecule has 0 amide bonds. The van der Waals surface area contributed by atoms with Crippen molar-refractivity contribution in [1.29, 1.82) is 0 Å². The number of nitrogen functional groups attached to an aromatic ring is 1. The van der Waals surface area contributed by atoms with Crippen LogP contribution >= 0.6 is 11.5 Å². The van der Waals surface area contributed by atoms with E-state index in [0.717, 1.165) is 29.1 Å². The Morgan fingerprint density at radius 3 is 2.84 bits per heavy atom. The van der Waals surface area contributed by atoms with Crippen LogP contribution < -0.4 is 5.73 Å². The molecule has 0 fully saturated rings. The van der Waals surface area contributed by atoms with Gasteiger partial charge in [0.15, 0.2) is 0 Å². The summed E-state index contributed by atoms with van der Waals surface area (Å²) in [7, 11) is 0. The molecule has 0 saturated heterocycles. The van der Waals surface area contributed by atoms with E-state index in [2.05, 4.69) is 9.36 Å². The first-order valence-corrected chi connectivity index (χ1v) is 6.77. The van der Waals surface area contributed by atoms with Crippen molar-refractivity contribution in [2.24, 2.45) is 0 Å². The molecule has 2 aromatic heterocycles. The van der Waals surface area contributed by atoms with Crippen LogP contribution in [0.1, 0.15) is 12.6 Å². The van der Waals surface area contributed by atoms with Crippen molar-refractivity contribution in [3.63, 3.8) is 0 Å². The Labute approximate surface area is 113 Å². The molecule has 4 nitrogen and oxygen atoms in total. The Morgan fingerprint density at radius 2 is 2.21 bits per heavy atom. The average Bonchev–Trinajstić information content (AvgIpc) is 2.88. The number of hydrogen-bond donors (Lipinski definition) is 1. The van der Waals surface area contributed by atoms with Gasteiger partial charge in [0.1, 0.15) is 16.6 Å². The van der Waals surface area contributed by atoms with Crippen LogP contribution in [0.25, 0.3) is 22.4 Å². The lowest BCUT2D eigenvalue weighted by molar-refractivity contribution is 0.629. The van der Waals surface area contributed by atoms with E-state index in [0.29, 0.717) is 10.5 Å². The molecule has 0 radical (unpaired) electrons. The van der Waals surface area contributed by atoms with Crippen LogP contribution in [0.4, 0.5) is 9.39 Å². The van der Waals surface area contributed by atoms with Crippen LogP contribution in [-0.4, -0.2) is 13.9 Å². The molecule has 0 aliphatic carbocycles. The van der Waals surface area contributed by atoms with Crippen molar-refractivity contribution in [3.8, 4) is 11.4 Å². The summed E-state index contributed by atoms with van der Waals surface area (Å²) in [5, 5.41) is 0.642.